The lowest BCUT2D eigenvalue weighted by molar-refractivity contribution is 0.466. The molecule has 0 atom stereocenters. The van der Waals surface area contributed by atoms with E-state index in [0.29, 0.717) is 5.82 Å². The first-order valence-electron chi connectivity index (χ1n) is 23.0. The molecule has 0 fully saturated rings. The van der Waals surface area contributed by atoms with E-state index in [1.54, 1.807) is 0 Å². The van der Waals surface area contributed by atoms with Crippen LogP contribution in [0, 0.1) is 0 Å². The summed E-state index contributed by atoms with van der Waals surface area (Å²) >= 11 is 0. The van der Waals surface area contributed by atoms with Crippen molar-refractivity contribution >= 4 is 11.0 Å². The van der Waals surface area contributed by atoms with Crippen LogP contribution in [0.3, 0.4) is 0 Å². The summed E-state index contributed by atoms with van der Waals surface area (Å²) in [6, 6.07) is 48.5. The number of hydrogen-bond acceptors (Lipinski definition) is 3. The van der Waals surface area contributed by atoms with Crippen molar-refractivity contribution in [2.45, 2.75) is 118 Å². The van der Waals surface area contributed by atoms with E-state index in [1.165, 1.54) is 22.3 Å². The van der Waals surface area contributed by atoms with E-state index in [1.807, 2.05) is 6.20 Å². The molecule has 0 unspecified atom stereocenters. The topological polar surface area (TPSA) is 50.9 Å². The van der Waals surface area contributed by atoms with Crippen molar-refractivity contribution in [2.24, 2.45) is 0 Å². The molecular formula is C60H65N3O. The van der Waals surface area contributed by atoms with Crippen LogP contribution < -0.4 is 0 Å². The van der Waals surface area contributed by atoms with Crippen molar-refractivity contribution in [1.29, 1.82) is 0 Å². The predicted molar refractivity (Wildman–Crippen MR) is 272 cm³/mol. The number of para-hydroxylation sites is 1. The monoisotopic (exact) mass is 844 g/mol. The van der Waals surface area contributed by atoms with Gasteiger partial charge in [-0.3, -0.25) is 9.55 Å². The van der Waals surface area contributed by atoms with E-state index in [9.17, 15) is 5.11 Å². The van der Waals surface area contributed by atoms with E-state index in [4.69, 9.17) is 9.97 Å². The van der Waals surface area contributed by atoms with Crippen molar-refractivity contribution < 1.29 is 5.11 Å². The summed E-state index contributed by atoms with van der Waals surface area (Å²) < 4.78 is 2.31. The van der Waals surface area contributed by atoms with E-state index in [0.717, 1.165) is 72.5 Å². The van der Waals surface area contributed by atoms with Gasteiger partial charge in [0.2, 0.25) is 0 Å². The van der Waals surface area contributed by atoms with Crippen LogP contribution in [0.15, 0.2) is 140 Å². The third kappa shape index (κ3) is 8.68. The average molecular weight is 844 g/mol. The molecule has 0 aliphatic heterocycles. The maximum atomic E-state index is 12.4. The van der Waals surface area contributed by atoms with Crippen LogP contribution in [-0.2, 0) is 16.2 Å². The lowest BCUT2D eigenvalue weighted by Crippen LogP contribution is -2.12. The number of pyridine rings is 1. The van der Waals surface area contributed by atoms with Crippen LogP contribution in [0.1, 0.15) is 130 Å². The summed E-state index contributed by atoms with van der Waals surface area (Å²) in [4.78, 5) is 10.6. The minimum absolute atomic E-state index is 0.0245. The highest BCUT2D eigenvalue weighted by Crippen LogP contribution is 2.45. The number of aromatic nitrogens is 3. The summed E-state index contributed by atoms with van der Waals surface area (Å²) in [5.74, 6) is 1.35. The van der Waals surface area contributed by atoms with Crippen LogP contribution in [0.2, 0.25) is 0 Å². The van der Waals surface area contributed by atoms with Gasteiger partial charge in [-0.1, -0.05) is 175 Å². The average Bonchev–Trinajstić information content (AvgIpc) is 3.65. The highest BCUT2D eigenvalue weighted by molar-refractivity contribution is 5.98. The van der Waals surface area contributed by atoms with Gasteiger partial charge in [0.25, 0.3) is 0 Å². The quantitative estimate of drug-likeness (QED) is 0.166. The molecule has 8 rings (SSSR count). The second kappa shape index (κ2) is 16.7. The number of fused-ring (bicyclic) bond motifs is 1. The molecule has 4 heteroatoms. The molecule has 2 heterocycles. The molecule has 0 saturated heterocycles. The second-order valence-electron chi connectivity index (χ2n) is 21.4. The number of benzene rings is 6. The minimum atomic E-state index is -0.136. The molecule has 0 amide bonds. The first-order chi connectivity index (χ1) is 30.2. The Morgan fingerprint density at radius 3 is 1.78 bits per heavy atom. The van der Waals surface area contributed by atoms with E-state index < -0.39 is 0 Å². The molecule has 0 aliphatic rings. The van der Waals surface area contributed by atoms with Crippen molar-refractivity contribution in [3.8, 4) is 67.5 Å². The van der Waals surface area contributed by atoms with Crippen LogP contribution >= 0.6 is 0 Å². The lowest BCUT2D eigenvalue weighted by Gasteiger charge is -2.24. The summed E-state index contributed by atoms with van der Waals surface area (Å²) in [5, 5.41) is 12.4. The fourth-order valence-electron chi connectivity index (χ4n) is 8.72. The Labute approximate surface area is 382 Å². The molecule has 6 aromatic carbocycles. The van der Waals surface area contributed by atoms with E-state index in [-0.39, 0.29) is 33.8 Å². The molecule has 0 bridgehead atoms. The SMILES string of the molecule is CC(C)c1cc(-c2nc3c(-c4cc(-c5cc(-c6ccccc6)ccn5)cc(C(C)(C)C)c4)cccc3n2-c2ccc(C(C)(C)C)cc2-c2ccc(C(C)(C)C)cc2)c(O)c(C(C)C)c1. The zero-order valence-electron chi connectivity index (χ0n) is 40.2. The molecule has 1 N–H and O–H groups in total. The van der Waals surface area contributed by atoms with Gasteiger partial charge in [0.05, 0.1) is 28.0 Å². The van der Waals surface area contributed by atoms with Gasteiger partial charge >= 0.3 is 0 Å². The summed E-state index contributed by atoms with van der Waals surface area (Å²) in [5.41, 5.74) is 17.9. The van der Waals surface area contributed by atoms with Gasteiger partial charge in [-0.2, -0.15) is 0 Å². The predicted octanol–water partition coefficient (Wildman–Crippen LogP) is 16.6. The highest BCUT2D eigenvalue weighted by atomic mass is 16.3. The maximum absolute atomic E-state index is 12.4. The molecular weight excluding hydrogens is 779 g/mol. The van der Waals surface area contributed by atoms with E-state index in [2.05, 4.69) is 228 Å². The van der Waals surface area contributed by atoms with Crippen LogP contribution in [0.5, 0.6) is 5.75 Å². The van der Waals surface area contributed by atoms with Crippen molar-refractivity contribution in [3.05, 3.63) is 167 Å². The molecule has 0 saturated carbocycles. The van der Waals surface area contributed by atoms with Gasteiger partial charge < -0.3 is 5.11 Å². The van der Waals surface area contributed by atoms with Gasteiger partial charge in [0, 0.05) is 22.9 Å². The Balaban J connectivity index is 1.45. The van der Waals surface area contributed by atoms with Crippen molar-refractivity contribution in [3.63, 3.8) is 0 Å². The normalized spacial score (nSPS) is 12.5. The lowest BCUT2D eigenvalue weighted by atomic mass is 9.83. The molecule has 4 nitrogen and oxygen atoms in total. The number of phenols is 1. The van der Waals surface area contributed by atoms with Crippen LogP contribution in [0.4, 0.5) is 0 Å². The second-order valence-corrected chi connectivity index (χ2v) is 21.4. The largest absolute Gasteiger partial charge is 0.507 e. The Bertz CT molecular complexity index is 2980. The first-order valence-corrected chi connectivity index (χ1v) is 23.0. The van der Waals surface area contributed by atoms with Crippen molar-refractivity contribution in [1.82, 2.24) is 14.5 Å². The fourth-order valence-corrected chi connectivity index (χ4v) is 8.72. The van der Waals surface area contributed by atoms with Gasteiger partial charge in [0.1, 0.15) is 11.6 Å². The molecule has 326 valence electrons. The third-order valence-corrected chi connectivity index (χ3v) is 12.8. The zero-order valence-corrected chi connectivity index (χ0v) is 40.2. The number of rotatable bonds is 8. The third-order valence-electron chi connectivity index (χ3n) is 12.8. The van der Waals surface area contributed by atoms with E-state index >= 15 is 0 Å². The first kappa shape index (κ1) is 44.4. The number of hydrogen-bond donors (Lipinski definition) is 1. The molecule has 8 aromatic rings. The smallest absolute Gasteiger partial charge is 0.149 e. The Hall–Kier alpha value is -6.26. The zero-order chi connectivity index (χ0) is 45.9. The number of aromatic hydroxyl groups is 1. The minimum Gasteiger partial charge on any atom is -0.507 e. The summed E-state index contributed by atoms with van der Waals surface area (Å²) in [7, 11) is 0. The summed E-state index contributed by atoms with van der Waals surface area (Å²) in [6.45, 7) is 29.1. The highest BCUT2D eigenvalue weighted by Gasteiger charge is 2.27. The number of nitrogens with zero attached hydrogens (tertiary/aromatic N) is 3. The maximum Gasteiger partial charge on any atom is 0.149 e. The Morgan fingerprint density at radius 2 is 1.14 bits per heavy atom. The van der Waals surface area contributed by atoms with Crippen LogP contribution in [0.25, 0.3) is 72.7 Å². The Kier molecular flexibility index (Phi) is 11.6. The van der Waals surface area contributed by atoms with Gasteiger partial charge in [-0.15, -0.1) is 0 Å². The molecule has 0 spiro atoms. The summed E-state index contributed by atoms with van der Waals surface area (Å²) in [6.07, 6.45) is 1.91. The molecule has 0 radical (unpaired) electrons. The molecule has 2 aromatic heterocycles. The van der Waals surface area contributed by atoms with Gasteiger partial charge in [0.15, 0.2) is 0 Å². The number of phenolic OH excluding ortho intramolecular Hbond substituents is 1. The molecule has 64 heavy (non-hydrogen) atoms. The Morgan fingerprint density at radius 1 is 0.484 bits per heavy atom. The van der Waals surface area contributed by atoms with Gasteiger partial charge in [-0.05, 0) is 127 Å². The van der Waals surface area contributed by atoms with Crippen LogP contribution in [-0.4, -0.2) is 19.6 Å². The van der Waals surface area contributed by atoms with Gasteiger partial charge in [-0.25, -0.2) is 4.98 Å². The molecule has 0 aliphatic carbocycles. The fraction of sp³-hybridized carbons (Fsp3) is 0.300. The van der Waals surface area contributed by atoms with Crippen molar-refractivity contribution in [2.75, 3.05) is 0 Å². The standard InChI is InChI=1S/C60H65N3O/c1-37(2)42-33-49(38(3)4)56(64)51(34-42)57-62-55-48(43-30-44(32-47(31-43)60(11,12)13)52-35-41(28-29-61-52)39-18-15-14-16-19-39)20-17-21-54(55)63(57)53-27-26-46(59(8,9)10)36-50(53)40-22-24-45(25-23-40)58(5,6)7/h14-38,64H,1-13H3. The number of imidazole rings is 1.